The second kappa shape index (κ2) is 14.1. The van der Waals surface area contributed by atoms with Crippen molar-refractivity contribution in [3.8, 4) is 27.6 Å². The first kappa shape index (κ1) is 32.4. The van der Waals surface area contributed by atoms with Crippen LogP contribution in [0.15, 0.2) is 73.1 Å². The standard InChI is InChI=1S/C37H36N6O5S/c1-42(2)33-13-7-24(20-39-33)29-11-6-25(21-38-29)36-40-30-10-5-23(18-32(30)49-36)4-3-15-47-16-17-48-27-8-9-28-26(19-27)22-43(37(28)46)31-12-14-34(44)41-35(31)45/h5-11,13,18-21,31H,3-4,12,14-17,22H2,1-2H3,(H,41,44,45). The van der Waals surface area contributed by atoms with Crippen LogP contribution >= 0.6 is 11.3 Å². The minimum atomic E-state index is -0.631. The molecule has 12 heteroatoms. The molecule has 250 valence electrons. The van der Waals surface area contributed by atoms with Crippen LogP contribution in [0.1, 0.15) is 40.7 Å². The van der Waals surface area contributed by atoms with Crippen LogP contribution in [0.2, 0.25) is 0 Å². The van der Waals surface area contributed by atoms with Crippen molar-refractivity contribution in [1.82, 2.24) is 25.2 Å². The summed E-state index contributed by atoms with van der Waals surface area (Å²) in [4.78, 5) is 54.2. The summed E-state index contributed by atoms with van der Waals surface area (Å²) < 4.78 is 12.9. The highest BCUT2D eigenvalue weighted by atomic mass is 32.1. The number of hydrogen-bond donors (Lipinski definition) is 1. The first-order valence-electron chi connectivity index (χ1n) is 16.3. The summed E-state index contributed by atoms with van der Waals surface area (Å²) in [6.45, 7) is 1.76. The normalized spacial score (nSPS) is 15.8. The average molecular weight is 677 g/mol. The number of aromatic nitrogens is 3. The van der Waals surface area contributed by atoms with Crippen LogP contribution in [0.25, 0.3) is 32.0 Å². The molecule has 7 rings (SSSR count). The van der Waals surface area contributed by atoms with Crippen molar-refractivity contribution in [2.45, 2.75) is 38.3 Å². The zero-order chi connectivity index (χ0) is 33.9. The fourth-order valence-corrected chi connectivity index (χ4v) is 7.10. The fourth-order valence-electron chi connectivity index (χ4n) is 6.08. The molecular formula is C37H36N6O5S. The van der Waals surface area contributed by atoms with Gasteiger partial charge in [-0.1, -0.05) is 6.07 Å². The molecule has 1 unspecified atom stereocenters. The molecule has 5 aromatic rings. The topological polar surface area (TPSA) is 127 Å². The number of carbonyl (C=O) groups is 3. The zero-order valence-corrected chi connectivity index (χ0v) is 28.2. The van der Waals surface area contributed by atoms with E-state index in [1.165, 1.54) is 10.5 Å². The highest BCUT2D eigenvalue weighted by Gasteiger charge is 2.39. The van der Waals surface area contributed by atoms with Gasteiger partial charge in [-0.3, -0.25) is 24.7 Å². The van der Waals surface area contributed by atoms with Crippen LogP contribution in [0.5, 0.6) is 5.75 Å². The molecule has 3 amide bonds. The van der Waals surface area contributed by atoms with Gasteiger partial charge in [0.1, 0.15) is 29.2 Å². The van der Waals surface area contributed by atoms with Crippen molar-refractivity contribution in [1.29, 1.82) is 0 Å². The van der Waals surface area contributed by atoms with Gasteiger partial charge in [0.25, 0.3) is 5.91 Å². The Hall–Kier alpha value is -5.20. The van der Waals surface area contributed by atoms with Gasteiger partial charge in [0.05, 0.1) is 22.5 Å². The molecule has 2 aliphatic rings. The molecule has 0 spiro atoms. The van der Waals surface area contributed by atoms with E-state index >= 15 is 0 Å². The molecule has 2 aromatic carbocycles. The van der Waals surface area contributed by atoms with Crippen LogP contribution in [0.4, 0.5) is 5.82 Å². The Morgan fingerprint density at radius 2 is 1.80 bits per heavy atom. The summed E-state index contributed by atoms with van der Waals surface area (Å²) in [6, 6.07) is 19.2. The van der Waals surface area contributed by atoms with E-state index in [1.54, 1.807) is 23.5 Å². The van der Waals surface area contributed by atoms with E-state index in [0.29, 0.717) is 44.1 Å². The van der Waals surface area contributed by atoms with Crippen LogP contribution in [0, 0.1) is 0 Å². The Morgan fingerprint density at radius 3 is 2.57 bits per heavy atom. The first-order valence-corrected chi connectivity index (χ1v) is 17.1. The lowest BCUT2D eigenvalue weighted by Crippen LogP contribution is -2.52. The van der Waals surface area contributed by atoms with Crippen LogP contribution in [-0.2, 0) is 27.3 Å². The Balaban J connectivity index is 0.852. The summed E-state index contributed by atoms with van der Waals surface area (Å²) >= 11 is 1.67. The van der Waals surface area contributed by atoms with E-state index in [0.717, 1.165) is 56.3 Å². The maximum absolute atomic E-state index is 12.9. The second-order valence-electron chi connectivity index (χ2n) is 12.3. The average Bonchev–Trinajstić information content (AvgIpc) is 3.68. The summed E-state index contributed by atoms with van der Waals surface area (Å²) in [5.74, 6) is 0.645. The maximum atomic E-state index is 12.9. The Labute approximate surface area is 287 Å². The van der Waals surface area contributed by atoms with E-state index in [-0.39, 0.29) is 18.2 Å². The minimum absolute atomic E-state index is 0.197. The predicted molar refractivity (Wildman–Crippen MR) is 188 cm³/mol. The van der Waals surface area contributed by atoms with Gasteiger partial charge in [-0.25, -0.2) is 9.97 Å². The molecule has 0 radical (unpaired) electrons. The Morgan fingerprint density at radius 1 is 0.939 bits per heavy atom. The van der Waals surface area contributed by atoms with Crippen molar-refractivity contribution in [2.75, 3.05) is 38.8 Å². The van der Waals surface area contributed by atoms with Crippen molar-refractivity contribution < 1.29 is 23.9 Å². The minimum Gasteiger partial charge on any atom is -0.491 e. The van der Waals surface area contributed by atoms with Gasteiger partial charge in [-0.05, 0) is 85.0 Å². The Bertz CT molecular complexity index is 2010. The number of hydrogen-bond acceptors (Lipinski definition) is 10. The number of ether oxygens (including phenoxy) is 2. The van der Waals surface area contributed by atoms with Gasteiger partial charge >= 0.3 is 0 Å². The molecule has 0 bridgehead atoms. The number of thiazole rings is 1. The van der Waals surface area contributed by atoms with Gasteiger partial charge < -0.3 is 19.3 Å². The third kappa shape index (κ3) is 7.15. The van der Waals surface area contributed by atoms with Gasteiger partial charge in [0, 0.05) is 62.8 Å². The SMILES string of the molecule is CN(C)c1ccc(-c2ccc(-c3nc4ccc(CCCOCCOc5ccc6c(c5)CN(C5CCC(=O)NC5=O)C6=O)cc4s3)cn2)cn1. The number of aryl methyl sites for hydroxylation is 1. The largest absolute Gasteiger partial charge is 0.491 e. The monoisotopic (exact) mass is 676 g/mol. The van der Waals surface area contributed by atoms with E-state index in [1.807, 2.05) is 55.7 Å². The highest BCUT2D eigenvalue weighted by Crippen LogP contribution is 2.32. The van der Waals surface area contributed by atoms with Gasteiger partial charge in [0.15, 0.2) is 0 Å². The summed E-state index contributed by atoms with van der Waals surface area (Å²) in [5, 5.41) is 3.27. The molecule has 3 aromatic heterocycles. The number of rotatable bonds is 12. The Kier molecular flexibility index (Phi) is 9.32. The van der Waals surface area contributed by atoms with Crippen LogP contribution in [-0.4, -0.2) is 77.5 Å². The van der Waals surface area contributed by atoms with Crippen LogP contribution < -0.4 is 15.0 Å². The number of pyridine rings is 2. The van der Waals surface area contributed by atoms with Gasteiger partial charge in [0.2, 0.25) is 11.8 Å². The van der Waals surface area contributed by atoms with Crippen molar-refractivity contribution >= 4 is 45.1 Å². The van der Waals surface area contributed by atoms with Crippen LogP contribution in [0.3, 0.4) is 0 Å². The lowest BCUT2D eigenvalue weighted by molar-refractivity contribution is -0.136. The van der Waals surface area contributed by atoms with Gasteiger partial charge in [-0.15, -0.1) is 11.3 Å². The molecule has 2 aliphatic heterocycles. The lowest BCUT2D eigenvalue weighted by atomic mass is 10.0. The van der Waals surface area contributed by atoms with E-state index < -0.39 is 11.9 Å². The number of amides is 3. The molecule has 5 heterocycles. The number of imide groups is 1. The number of benzene rings is 2. The molecular weight excluding hydrogens is 641 g/mol. The molecule has 11 nitrogen and oxygen atoms in total. The lowest BCUT2D eigenvalue weighted by Gasteiger charge is -2.29. The molecule has 1 atom stereocenters. The third-order valence-corrected chi connectivity index (χ3v) is 9.78. The summed E-state index contributed by atoms with van der Waals surface area (Å²) in [7, 11) is 3.94. The molecule has 1 fully saturated rings. The summed E-state index contributed by atoms with van der Waals surface area (Å²) in [6.07, 6.45) is 6.06. The van der Waals surface area contributed by atoms with Gasteiger partial charge in [-0.2, -0.15) is 0 Å². The van der Waals surface area contributed by atoms with E-state index in [9.17, 15) is 14.4 Å². The van der Waals surface area contributed by atoms with Crippen molar-refractivity contribution in [3.05, 3.63) is 89.7 Å². The number of anilines is 1. The predicted octanol–water partition coefficient (Wildman–Crippen LogP) is 5.28. The third-order valence-electron chi connectivity index (χ3n) is 8.71. The molecule has 49 heavy (non-hydrogen) atoms. The van der Waals surface area contributed by atoms with Crippen molar-refractivity contribution in [2.24, 2.45) is 0 Å². The number of nitrogens with zero attached hydrogens (tertiary/aromatic N) is 5. The quantitative estimate of drug-likeness (QED) is 0.139. The fraction of sp³-hybridized carbons (Fsp3) is 0.297. The number of fused-ring (bicyclic) bond motifs is 2. The zero-order valence-electron chi connectivity index (χ0n) is 27.3. The molecule has 0 saturated carbocycles. The second-order valence-corrected chi connectivity index (χ2v) is 13.4. The van der Waals surface area contributed by atoms with E-state index in [2.05, 4.69) is 39.6 Å². The number of piperidine rings is 1. The highest BCUT2D eigenvalue weighted by molar-refractivity contribution is 7.21. The summed E-state index contributed by atoms with van der Waals surface area (Å²) in [5.41, 5.74) is 6.43. The number of carbonyl (C=O) groups excluding carboxylic acids is 3. The first-order chi connectivity index (χ1) is 23.8. The number of nitrogens with one attached hydrogen (secondary N) is 1. The molecule has 0 aliphatic carbocycles. The molecule has 1 saturated heterocycles. The van der Waals surface area contributed by atoms with Crippen molar-refractivity contribution in [3.63, 3.8) is 0 Å². The smallest absolute Gasteiger partial charge is 0.255 e. The maximum Gasteiger partial charge on any atom is 0.255 e. The molecule has 1 N–H and O–H groups in total. The van der Waals surface area contributed by atoms with E-state index in [4.69, 9.17) is 14.5 Å².